The molecule has 0 saturated carbocycles. The predicted octanol–water partition coefficient (Wildman–Crippen LogP) is -0.331. The number of nitrogens with two attached hydrogens (primary N) is 1. The van der Waals surface area contributed by atoms with Gasteiger partial charge >= 0.3 is 12.1 Å². The fraction of sp³-hybridized carbons (Fsp3) is 0.667. The highest BCUT2D eigenvalue weighted by Gasteiger charge is 2.43. The minimum absolute atomic E-state index is 0.0262. The highest BCUT2D eigenvalue weighted by molar-refractivity contribution is 7.89. The molecule has 0 radical (unpaired) electrons. The Bertz CT molecular complexity index is 1400. The number of sulfonamides is 2. The molecule has 0 aliphatic carbocycles. The quantitative estimate of drug-likeness (QED) is 0.410. The molecule has 19 heteroatoms. The second-order valence-corrected chi connectivity index (χ2v) is 14.3. The van der Waals surface area contributed by atoms with Crippen molar-refractivity contribution in [2.24, 2.45) is 11.7 Å². The third-order valence-electron chi connectivity index (χ3n) is 7.45. The average Bonchev–Trinajstić information content (AvgIpc) is 2.96. The van der Waals surface area contributed by atoms with E-state index in [0.717, 1.165) is 19.1 Å². The number of hydrogen-bond donors (Lipinski definition) is 2. The smallest absolute Gasteiger partial charge is 0.475 e. The molecule has 14 nitrogen and oxygen atoms in total. The molecule has 43 heavy (non-hydrogen) atoms. The summed E-state index contributed by atoms with van der Waals surface area (Å²) in [6.07, 6.45) is -0.139. The number of carbonyl (C=O) groups is 3. The molecule has 2 atom stereocenters. The minimum atomic E-state index is -5.08. The van der Waals surface area contributed by atoms with Crippen molar-refractivity contribution in [3.05, 3.63) is 23.9 Å². The van der Waals surface area contributed by atoms with Crippen molar-refractivity contribution >= 4 is 37.8 Å². The summed E-state index contributed by atoms with van der Waals surface area (Å²) in [6, 6.07) is 2.66. The number of piperidine rings is 2. The van der Waals surface area contributed by atoms with Crippen LogP contribution in [-0.2, 0) is 41.0 Å². The zero-order valence-electron chi connectivity index (χ0n) is 23.4. The Morgan fingerprint density at radius 2 is 1.67 bits per heavy atom. The molecule has 3 aliphatic rings. The molecule has 3 N–H and O–H groups in total. The van der Waals surface area contributed by atoms with Crippen LogP contribution in [0.5, 0.6) is 0 Å². The van der Waals surface area contributed by atoms with E-state index in [2.05, 4.69) is 4.98 Å². The molecule has 3 saturated heterocycles. The van der Waals surface area contributed by atoms with Gasteiger partial charge in [-0.2, -0.15) is 21.8 Å². The molecule has 4 rings (SSSR count). The van der Waals surface area contributed by atoms with Gasteiger partial charge in [-0.25, -0.2) is 26.6 Å². The van der Waals surface area contributed by atoms with Crippen LogP contribution in [0.4, 0.5) is 13.2 Å². The standard InChI is InChI=1S/C22H34N6O6S2.C2HF3O2/c1-35(31,32)26-10-8-25(9-11-26)22(30)18-13-19(28-7-3-2-4-21(28)29)16-27(15-18)36(33,34)20-12-17(14-23)5-6-24-20;3-2(4,5)1(6)7/h5-6,12,18-19H,2-4,7-11,13-16,23H2,1H3;(H,6,7). The third-order valence-corrected chi connectivity index (χ3v) is 10.5. The van der Waals surface area contributed by atoms with Crippen molar-refractivity contribution < 1.29 is 49.5 Å². The van der Waals surface area contributed by atoms with Crippen molar-refractivity contribution in [1.82, 2.24) is 23.4 Å². The Morgan fingerprint density at radius 3 is 2.21 bits per heavy atom. The van der Waals surface area contributed by atoms with E-state index >= 15 is 0 Å². The van der Waals surface area contributed by atoms with Gasteiger partial charge in [0, 0.05) is 71.0 Å². The Hall–Kier alpha value is -2.87. The minimum Gasteiger partial charge on any atom is -0.475 e. The van der Waals surface area contributed by atoms with Gasteiger partial charge in [0.15, 0.2) is 5.03 Å². The summed E-state index contributed by atoms with van der Waals surface area (Å²) >= 11 is 0. The average molecular weight is 657 g/mol. The first-order chi connectivity index (χ1) is 19.9. The Morgan fingerprint density at radius 1 is 1.05 bits per heavy atom. The number of likely N-dealkylation sites (tertiary alicyclic amines) is 1. The fourth-order valence-electron chi connectivity index (χ4n) is 5.20. The first kappa shape index (κ1) is 34.6. The second kappa shape index (κ2) is 13.8. The van der Waals surface area contributed by atoms with Crippen molar-refractivity contribution in [3.8, 4) is 0 Å². The zero-order valence-corrected chi connectivity index (χ0v) is 25.1. The number of pyridine rings is 1. The maximum atomic E-state index is 13.6. The summed E-state index contributed by atoms with van der Waals surface area (Å²) in [5.41, 5.74) is 6.31. The number of piperazine rings is 1. The highest BCUT2D eigenvalue weighted by Crippen LogP contribution is 2.30. The number of carboxylic acid groups (broad SMARTS) is 1. The number of alkyl halides is 3. The molecule has 1 aromatic heterocycles. The molecule has 0 bridgehead atoms. The number of amides is 2. The van der Waals surface area contributed by atoms with Crippen LogP contribution in [0, 0.1) is 5.92 Å². The van der Waals surface area contributed by atoms with E-state index < -0.39 is 44.2 Å². The van der Waals surface area contributed by atoms with E-state index in [0.29, 0.717) is 24.9 Å². The molecule has 0 aromatic carbocycles. The summed E-state index contributed by atoms with van der Waals surface area (Å²) in [7, 11) is -7.38. The van der Waals surface area contributed by atoms with Crippen molar-refractivity contribution in [1.29, 1.82) is 0 Å². The van der Waals surface area contributed by atoms with Gasteiger partial charge in [0.2, 0.25) is 21.8 Å². The Kier molecular flexibility index (Phi) is 11.1. The third kappa shape index (κ3) is 8.84. The number of aromatic nitrogens is 1. The van der Waals surface area contributed by atoms with Crippen LogP contribution in [0.3, 0.4) is 0 Å². The molecule has 4 heterocycles. The summed E-state index contributed by atoms with van der Waals surface area (Å²) < 4.78 is 85.2. The summed E-state index contributed by atoms with van der Waals surface area (Å²) in [6.45, 7) is 1.63. The summed E-state index contributed by atoms with van der Waals surface area (Å²) in [5, 5.41) is 6.99. The van der Waals surface area contributed by atoms with E-state index in [4.69, 9.17) is 15.6 Å². The van der Waals surface area contributed by atoms with E-state index in [-0.39, 0.29) is 62.7 Å². The lowest BCUT2D eigenvalue weighted by Gasteiger charge is -2.44. The van der Waals surface area contributed by atoms with Gasteiger partial charge in [-0.3, -0.25) is 9.59 Å². The van der Waals surface area contributed by atoms with Crippen LogP contribution < -0.4 is 5.73 Å². The van der Waals surface area contributed by atoms with Gasteiger partial charge in [0.1, 0.15) is 0 Å². The monoisotopic (exact) mass is 656 g/mol. The van der Waals surface area contributed by atoms with Gasteiger partial charge in [-0.05, 0) is 37.0 Å². The first-order valence-corrected chi connectivity index (χ1v) is 16.7. The van der Waals surface area contributed by atoms with E-state index in [9.17, 15) is 39.6 Å². The van der Waals surface area contributed by atoms with Gasteiger partial charge < -0.3 is 20.6 Å². The number of halogens is 3. The molecular weight excluding hydrogens is 621 g/mol. The number of carboxylic acids is 1. The number of aliphatic carboxylic acids is 1. The second-order valence-electron chi connectivity index (χ2n) is 10.4. The maximum absolute atomic E-state index is 13.6. The molecule has 3 aliphatic heterocycles. The van der Waals surface area contributed by atoms with Gasteiger partial charge in [-0.15, -0.1) is 0 Å². The van der Waals surface area contributed by atoms with Crippen LogP contribution in [0.1, 0.15) is 31.2 Å². The van der Waals surface area contributed by atoms with E-state index in [1.807, 2.05) is 0 Å². The fourth-order valence-corrected chi connectivity index (χ4v) is 7.53. The zero-order chi connectivity index (χ0) is 32.2. The van der Waals surface area contributed by atoms with Crippen LogP contribution >= 0.6 is 0 Å². The summed E-state index contributed by atoms with van der Waals surface area (Å²) in [4.78, 5) is 42.5. The lowest BCUT2D eigenvalue weighted by molar-refractivity contribution is -0.192. The topological polar surface area (TPSA) is 192 Å². The van der Waals surface area contributed by atoms with Gasteiger partial charge in [0.25, 0.3) is 10.0 Å². The Labute approximate surface area is 247 Å². The van der Waals surface area contributed by atoms with Crippen LogP contribution in [-0.4, -0.2) is 127 Å². The first-order valence-electron chi connectivity index (χ1n) is 13.4. The number of nitrogens with zero attached hydrogens (tertiary/aromatic N) is 5. The highest BCUT2D eigenvalue weighted by atomic mass is 32.2. The lowest BCUT2D eigenvalue weighted by Crippen LogP contribution is -2.59. The normalized spacial score (nSPS) is 23.0. The van der Waals surface area contributed by atoms with Crippen LogP contribution in [0.25, 0.3) is 0 Å². The molecule has 2 amide bonds. The maximum Gasteiger partial charge on any atom is 0.490 e. The summed E-state index contributed by atoms with van der Waals surface area (Å²) in [5.74, 6) is -3.66. The molecule has 1 aromatic rings. The van der Waals surface area contributed by atoms with Crippen LogP contribution in [0.15, 0.2) is 23.4 Å². The lowest BCUT2D eigenvalue weighted by atomic mass is 9.92. The largest absolute Gasteiger partial charge is 0.490 e. The number of carbonyl (C=O) groups excluding carboxylic acids is 2. The van der Waals surface area contributed by atoms with Gasteiger partial charge in [-0.1, -0.05) is 0 Å². The molecule has 0 spiro atoms. The van der Waals surface area contributed by atoms with Crippen molar-refractivity contribution in [2.75, 3.05) is 52.1 Å². The molecular formula is C24H35F3N6O8S2. The molecule has 242 valence electrons. The number of rotatable bonds is 6. The SMILES string of the molecule is CS(=O)(=O)N1CCN(C(=O)C2CC(N3CCCCC3=O)CN(S(=O)(=O)c3cc(CN)ccn3)C2)CC1.O=C(O)C(F)(F)F. The van der Waals surface area contributed by atoms with Gasteiger partial charge in [0.05, 0.1) is 12.2 Å². The van der Waals surface area contributed by atoms with E-state index in [1.165, 1.54) is 20.9 Å². The molecule has 2 unspecified atom stereocenters. The molecule has 3 fully saturated rings. The van der Waals surface area contributed by atoms with E-state index in [1.54, 1.807) is 15.9 Å². The Balaban J connectivity index is 0.000000646. The van der Waals surface area contributed by atoms with Crippen molar-refractivity contribution in [3.63, 3.8) is 0 Å². The van der Waals surface area contributed by atoms with Crippen LogP contribution in [0.2, 0.25) is 0 Å². The number of hydrogen-bond acceptors (Lipinski definition) is 9. The predicted molar refractivity (Wildman–Crippen MR) is 145 cm³/mol. The van der Waals surface area contributed by atoms with Crippen molar-refractivity contribution in [2.45, 2.75) is 49.5 Å².